The highest BCUT2D eigenvalue weighted by atomic mass is 16.2. The van der Waals surface area contributed by atoms with Gasteiger partial charge in [-0.1, -0.05) is 23.4 Å². The summed E-state index contributed by atoms with van der Waals surface area (Å²) in [5.41, 5.74) is 3.71. The number of benzene rings is 1. The molecule has 1 atom stereocenters. The third kappa shape index (κ3) is 4.19. The fourth-order valence-corrected chi connectivity index (χ4v) is 3.60. The number of carbonyl (C=O) groups excluding carboxylic acids is 1. The average molecular weight is 376 g/mol. The molecule has 7 nitrogen and oxygen atoms in total. The van der Waals surface area contributed by atoms with Crippen LogP contribution < -0.4 is 5.32 Å². The zero-order valence-corrected chi connectivity index (χ0v) is 16.0. The van der Waals surface area contributed by atoms with Crippen molar-refractivity contribution in [2.75, 3.05) is 18.4 Å². The second kappa shape index (κ2) is 8.21. The smallest absolute Gasteiger partial charge is 0.321 e. The molecule has 144 valence electrons. The van der Waals surface area contributed by atoms with Crippen LogP contribution in [0.25, 0.3) is 11.3 Å². The number of aromatic nitrogens is 4. The Labute approximate surface area is 164 Å². The molecule has 0 bridgehead atoms. The quantitative estimate of drug-likeness (QED) is 0.755. The number of rotatable bonds is 4. The summed E-state index contributed by atoms with van der Waals surface area (Å²) in [6, 6.07) is 11.7. The molecular weight excluding hydrogens is 352 g/mol. The lowest BCUT2D eigenvalue weighted by molar-refractivity contribution is 0.168. The Kier molecular flexibility index (Phi) is 5.32. The van der Waals surface area contributed by atoms with Crippen molar-refractivity contribution in [3.05, 3.63) is 60.6 Å². The van der Waals surface area contributed by atoms with E-state index in [0.29, 0.717) is 5.92 Å². The third-order valence-corrected chi connectivity index (χ3v) is 5.13. The number of para-hydroxylation sites is 1. The van der Waals surface area contributed by atoms with Crippen LogP contribution in [0.5, 0.6) is 0 Å². The van der Waals surface area contributed by atoms with Gasteiger partial charge < -0.3 is 10.2 Å². The van der Waals surface area contributed by atoms with Gasteiger partial charge >= 0.3 is 6.03 Å². The largest absolute Gasteiger partial charge is 0.324 e. The van der Waals surface area contributed by atoms with Crippen molar-refractivity contribution in [2.24, 2.45) is 5.92 Å². The minimum atomic E-state index is -0.0337. The zero-order chi connectivity index (χ0) is 19.3. The highest BCUT2D eigenvalue weighted by Crippen LogP contribution is 2.21. The predicted molar refractivity (Wildman–Crippen MR) is 108 cm³/mol. The number of amides is 2. The minimum Gasteiger partial charge on any atom is -0.324 e. The Morgan fingerprint density at radius 3 is 2.96 bits per heavy atom. The molecule has 1 saturated heterocycles. The van der Waals surface area contributed by atoms with Crippen molar-refractivity contribution in [3.63, 3.8) is 0 Å². The van der Waals surface area contributed by atoms with Crippen molar-refractivity contribution in [1.82, 2.24) is 24.9 Å². The number of hydrogen-bond donors (Lipinski definition) is 1. The van der Waals surface area contributed by atoms with Crippen LogP contribution in [0.1, 0.15) is 18.4 Å². The van der Waals surface area contributed by atoms with E-state index in [1.165, 1.54) is 0 Å². The van der Waals surface area contributed by atoms with Gasteiger partial charge in [0.1, 0.15) is 5.69 Å². The number of nitrogens with one attached hydrogen (secondary N) is 1. The van der Waals surface area contributed by atoms with E-state index in [2.05, 4.69) is 20.6 Å². The van der Waals surface area contributed by atoms with Crippen molar-refractivity contribution >= 4 is 11.7 Å². The van der Waals surface area contributed by atoms with Gasteiger partial charge in [0, 0.05) is 43.3 Å². The predicted octanol–water partition coefficient (Wildman–Crippen LogP) is 3.59. The van der Waals surface area contributed by atoms with Gasteiger partial charge in [0.25, 0.3) is 0 Å². The molecule has 7 heteroatoms. The molecule has 28 heavy (non-hydrogen) atoms. The van der Waals surface area contributed by atoms with E-state index < -0.39 is 0 Å². The SMILES string of the molecule is Cc1ccccc1NC(=O)N1CCCC(Cn2cc(-c3cccnc3)nn2)C1. The number of anilines is 1. The highest BCUT2D eigenvalue weighted by Gasteiger charge is 2.24. The van der Waals surface area contributed by atoms with Crippen LogP contribution in [0, 0.1) is 12.8 Å². The summed E-state index contributed by atoms with van der Waals surface area (Å²) in [5, 5.41) is 11.5. The standard InChI is InChI=1S/C21H24N6O/c1-16-6-2-3-9-19(16)23-21(28)26-11-5-7-17(13-26)14-27-15-20(24-25-27)18-8-4-10-22-12-18/h2-4,6,8-10,12,15,17H,5,7,11,13-14H2,1H3,(H,23,28). The van der Waals surface area contributed by atoms with Crippen molar-refractivity contribution < 1.29 is 4.79 Å². The van der Waals surface area contributed by atoms with E-state index in [1.54, 1.807) is 12.4 Å². The van der Waals surface area contributed by atoms with Crippen LogP contribution in [-0.4, -0.2) is 44.0 Å². The summed E-state index contributed by atoms with van der Waals surface area (Å²) in [4.78, 5) is 18.7. The summed E-state index contributed by atoms with van der Waals surface area (Å²) in [5.74, 6) is 0.361. The maximum absolute atomic E-state index is 12.7. The second-order valence-electron chi connectivity index (χ2n) is 7.27. The number of piperidine rings is 1. The van der Waals surface area contributed by atoms with Gasteiger partial charge in [-0.25, -0.2) is 4.79 Å². The topological polar surface area (TPSA) is 75.9 Å². The Hall–Kier alpha value is -3.22. The average Bonchev–Trinajstić information content (AvgIpc) is 3.19. The maximum Gasteiger partial charge on any atom is 0.321 e. The van der Waals surface area contributed by atoms with Gasteiger partial charge in [-0.15, -0.1) is 5.10 Å². The van der Waals surface area contributed by atoms with E-state index in [0.717, 1.165) is 55.0 Å². The molecule has 1 aromatic carbocycles. The van der Waals surface area contributed by atoms with Crippen LogP contribution >= 0.6 is 0 Å². The van der Waals surface area contributed by atoms with Gasteiger partial charge in [-0.3, -0.25) is 9.67 Å². The fraction of sp³-hybridized carbons (Fsp3) is 0.333. The van der Waals surface area contributed by atoms with Crippen molar-refractivity contribution in [2.45, 2.75) is 26.3 Å². The molecule has 1 unspecified atom stereocenters. The number of pyridine rings is 1. The molecule has 3 aromatic rings. The third-order valence-electron chi connectivity index (χ3n) is 5.13. The van der Waals surface area contributed by atoms with Crippen LogP contribution in [0.2, 0.25) is 0 Å². The first-order valence-corrected chi connectivity index (χ1v) is 9.61. The lowest BCUT2D eigenvalue weighted by Crippen LogP contribution is -2.43. The van der Waals surface area contributed by atoms with Gasteiger partial charge in [0.05, 0.1) is 6.20 Å². The van der Waals surface area contributed by atoms with Crippen molar-refractivity contribution in [3.8, 4) is 11.3 Å². The molecule has 0 aliphatic carbocycles. The normalized spacial score (nSPS) is 16.8. The minimum absolute atomic E-state index is 0.0337. The first-order chi connectivity index (χ1) is 13.7. The Balaban J connectivity index is 1.37. The molecule has 0 radical (unpaired) electrons. The van der Waals surface area contributed by atoms with Gasteiger partial charge in [0.15, 0.2) is 0 Å². The molecule has 0 saturated carbocycles. The zero-order valence-electron chi connectivity index (χ0n) is 16.0. The number of likely N-dealkylation sites (tertiary alicyclic amines) is 1. The Bertz CT molecular complexity index is 939. The number of nitrogens with zero attached hydrogens (tertiary/aromatic N) is 5. The summed E-state index contributed by atoms with van der Waals surface area (Å²) >= 11 is 0. The molecule has 1 fully saturated rings. The van der Waals surface area contributed by atoms with E-state index in [4.69, 9.17) is 0 Å². The number of carbonyl (C=O) groups is 1. The van der Waals surface area contributed by atoms with E-state index in [1.807, 2.05) is 59.1 Å². The van der Waals surface area contributed by atoms with Crippen LogP contribution in [0.3, 0.4) is 0 Å². The highest BCUT2D eigenvalue weighted by molar-refractivity contribution is 5.90. The maximum atomic E-state index is 12.7. The van der Waals surface area contributed by atoms with E-state index >= 15 is 0 Å². The number of aryl methyl sites for hydroxylation is 1. The van der Waals surface area contributed by atoms with Crippen LogP contribution in [-0.2, 0) is 6.54 Å². The molecule has 1 aliphatic rings. The van der Waals surface area contributed by atoms with Gasteiger partial charge in [-0.05, 0) is 49.4 Å². The summed E-state index contributed by atoms with van der Waals surface area (Å²) in [6.45, 7) is 4.26. The van der Waals surface area contributed by atoms with Gasteiger partial charge in [0.2, 0.25) is 0 Å². The van der Waals surface area contributed by atoms with Crippen LogP contribution in [0.15, 0.2) is 55.0 Å². The molecule has 3 heterocycles. The molecule has 1 N–H and O–H groups in total. The molecule has 1 aliphatic heterocycles. The van der Waals surface area contributed by atoms with Gasteiger partial charge in [-0.2, -0.15) is 0 Å². The first-order valence-electron chi connectivity index (χ1n) is 9.61. The lowest BCUT2D eigenvalue weighted by Gasteiger charge is -2.32. The van der Waals surface area contributed by atoms with E-state index in [-0.39, 0.29) is 6.03 Å². The summed E-state index contributed by atoms with van der Waals surface area (Å²) in [6.07, 6.45) is 7.55. The fourth-order valence-electron chi connectivity index (χ4n) is 3.60. The molecule has 0 spiro atoms. The first kappa shape index (κ1) is 18.2. The number of urea groups is 1. The second-order valence-corrected chi connectivity index (χ2v) is 7.27. The Morgan fingerprint density at radius 1 is 1.25 bits per heavy atom. The summed E-state index contributed by atoms with van der Waals surface area (Å²) in [7, 11) is 0. The molecule has 2 amide bonds. The molecular formula is C21H24N6O. The summed E-state index contributed by atoms with van der Waals surface area (Å²) < 4.78 is 1.87. The lowest BCUT2D eigenvalue weighted by atomic mass is 9.98. The van der Waals surface area contributed by atoms with Crippen LogP contribution in [0.4, 0.5) is 10.5 Å². The molecule has 4 rings (SSSR count). The number of hydrogen-bond acceptors (Lipinski definition) is 4. The molecule has 2 aromatic heterocycles. The Morgan fingerprint density at radius 2 is 2.14 bits per heavy atom. The van der Waals surface area contributed by atoms with Crippen molar-refractivity contribution in [1.29, 1.82) is 0 Å². The monoisotopic (exact) mass is 376 g/mol. The van der Waals surface area contributed by atoms with E-state index in [9.17, 15) is 4.79 Å².